The Balaban J connectivity index is 2.63. The highest BCUT2D eigenvalue weighted by atomic mass is 15.3. The molecule has 3 heteroatoms. The van der Waals surface area contributed by atoms with E-state index in [1.165, 1.54) is 16.7 Å². The first-order valence-electron chi connectivity index (χ1n) is 6.85. The SMILES string of the molecule is CCC(C)c1nn(C)c(N)c1-c1ccc(C)c(C)c1. The van der Waals surface area contributed by atoms with Gasteiger partial charge in [-0.3, -0.25) is 4.68 Å². The van der Waals surface area contributed by atoms with Crippen LogP contribution in [0.1, 0.15) is 43.0 Å². The average molecular weight is 257 g/mol. The topological polar surface area (TPSA) is 43.8 Å². The molecule has 1 aromatic heterocycles. The second-order valence-corrected chi connectivity index (χ2v) is 5.38. The highest BCUT2D eigenvalue weighted by Crippen LogP contribution is 2.35. The summed E-state index contributed by atoms with van der Waals surface area (Å²) >= 11 is 0. The molecule has 2 rings (SSSR count). The van der Waals surface area contributed by atoms with Gasteiger partial charge in [0.2, 0.25) is 0 Å². The summed E-state index contributed by atoms with van der Waals surface area (Å²) in [5.41, 5.74) is 12.2. The Bertz CT molecular complexity index is 596. The van der Waals surface area contributed by atoms with E-state index in [2.05, 4.69) is 51.0 Å². The summed E-state index contributed by atoms with van der Waals surface area (Å²) in [4.78, 5) is 0. The third kappa shape index (κ3) is 2.37. The van der Waals surface area contributed by atoms with Crippen molar-refractivity contribution in [1.29, 1.82) is 0 Å². The molecule has 3 nitrogen and oxygen atoms in total. The minimum absolute atomic E-state index is 0.417. The maximum absolute atomic E-state index is 6.22. The number of benzene rings is 1. The molecule has 1 heterocycles. The average Bonchev–Trinajstić information content (AvgIpc) is 2.68. The zero-order chi connectivity index (χ0) is 14.2. The molecule has 0 saturated carbocycles. The number of hydrogen-bond acceptors (Lipinski definition) is 2. The van der Waals surface area contributed by atoms with E-state index >= 15 is 0 Å². The molecule has 0 fully saturated rings. The molecule has 0 spiro atoms. The van der Waals surface area contributed by atoms with Crippen molar-refractivity contribution in [3.8, 4) is 11.1 Å². The molecular formula is C16H23N3. The summed E-state index contributed by atoms with van der Waals surface area (Å²) in [6.07, 6.45) is 1.06. The van der Waals surface area contributed by atoms with Crippen LogP contribution in [0.4, 0.5) is 5.82 Å². The predicted molar refractivity (Wildman–Crippen MR) is 81.2 cm³/mol. The first-order valence-corrected chi connectivity index (χ1v) is 6.85. The van der Waals surface area contributed by atoms with Crippen molar-refractivity contribution >= 4 is 5.82 Å². The Morgan fingerprint density at radius 3 is 2.53 bits per heavy atom. The number of hydrogen-bond donors (Lipinski definition) is 1. The van der Waals surface area contributed by atoms with Crippen LogP contribution in [0.2, 0.25) is 0 Å². The third-order valence-electron chi connectivity index (χ3n) is 3.99. The molecule has 0 amide bonds. The van der Waals surface area contributed by atoms with Crippen LogP contribution >= 0.6 is 0 Å². The Morgan fingerprint density at radius 2 is 1.95 bits per heavy atom. The molecule has 2 aromatic rings. The fraction of sp³-hybridized carbons (Fsp3) is 0.438. The van der Waals surface area contributed by atoms with Gasteiger partial charge in [0.15, 0.2) is 0 Å². The molecule has 0 bridgehead atoms. The Morgan fingerprint density at radius 1 is 1.26 bits per heavy atom. The van der Waals surface area contributed by atoms with Gasteiger partial charge in [-0.2, -0.15) is 5.10 Å². The number of anilines is 1. The van der Waals surface area contributed by atoms with Crippen molar-refractivity contribution in [2.24, 2.45) is 7.05 Å². The molecule has 0 radical (unpaired) electrons. The number of nitrogens with zero attached hydrogens (tertiary/aromatic N) is 2. The lowest BCUT2D eigenvalue weighted by molar-refractivity contribution is 0.668. The molecule has 1 unspecified atom stereocenters. The Kier molecular flexibility index (Phi) is 3.65. The van der Waals surface area contributed by atoms with Crippen LogP contribution in [-0.2, 0) is 7.05 Å². The van der Waals surface area contributed by atoms with Gasteiger partial charge in [0.1, 0.15) is 5.82 Å². The van der Waals surface area contributed by atoms with Crippen LogP contribution in [0.15, 0.2) is 18.2 Å². The molecule has 1 atom stereocenters. The first-order chi connectivity index (χ1) is 8.95. The van der Waals surface area contributed by atoms with E-state index in [4.69, 9.17) is 5.73 Å². The van der Waals surface area contributed by atoms with E-state index in [1.54, 1.807) is 4.68 Å². The molecule has 0 saturated heterocycles. The van der Waals surface area contributed by atoms with Gasteiger partial charge in [-0.05, 0) is 37.0 Å². The van der Waals surface area contributed by atoms with Crippen molar-refractivity contribution < 1.29 is 0 Å². The van der Waals surface area contributed by atoms with Gasteiger partial charge in [-0.1, -0.05) is 32.0 Å². The highest BCUT2D eigenvalue weighted by molar-refractivity contribution is 5.77. The second-order valence-electron chi connectivity index (χ2n) is 5.38. The largest absolute Gasteiger partial charge is 0.383 e. The van der Waals surface area contributed by atoms with Crippen LogP contribution in [0.5, 0.6) is 0 Å². The van der Waals surface area contributed by atoms with E-state index in [-0.39, 0.29) is 0 Å². The second kappa shape index (κ2) is 5.08. The van der Waals surface area contributed by atoms with Crippen molar-refractivity contribution in [2.45, 2.75) is 40.0 Å². The zero-order valence-electron chi connectivity index (χ0n) is 12.5. The first kappa shape index (κ1) is 13.7. The van der Waals surface area contributed by atoms with E-state index in [9.17, 15) is 0 Å². The summed E-state index contributed by atoms with van der Waals surface area (Å²) in [6.45, 7) is 8.64. The molecular weight excluding hydrogens is 234 g/mol. The van der Waals surface area contributed by atoms with Gasteiger partial charge in [0.05, 0.1) is 5.69 Å². The van der Waals surface area contributed by atoms with E-state index in [0.29, 0.717) is 5.92 Å². The third-order valence-corrected chi connectivity index (χ3v) is 3.99. The van der Waals surface area contributed by atoms with E-state index < -0.39 is 0 Å². The normalized spacial score (nSPS) is 12.7. The lowest BCUT2D eigenvalue weighted by Crippen LogP contribution is -1.98. The van der Waals surface area contributed by atoms with Gasteiger partial charge >= 0.3 is 0 Å². The number of nitrogens with two attached hydrogens (primary N) is 1. The maximum Gasteiger partial charge on any atom is 0.129 e. The zero-order valence-corrected chi connectivity index (χ0v) is 12.5. The monoisotopic (exact) mass is 257 g/mol. The van der Waals surface area contributed by atoms with Crippen molar-refractivity contribution in [3.63, 3.8) is 0 Å². The number of aromatic nitrogens is 2. The number of rotatable bonds is 3. The van der Waals surface area contributed by atoms with Crippen LogP contribution < -0.4 is 5.73 Å². The summed E-state index contributed by atoms with van der Waals surface area (Å²) in [5.74, 6) is 1.17. The molecule has 2 N–H and O–H groups in total. The molecule has 19 heavy (non-hydrogen) atoms. The van der Waals surface area contributed by atoms with Crippen molar-refractivity contribution in [3.05, 3.63) is 35.0 Å². The fourth-order valence-corrected chi connectivity index (χ4v) is 2.29. The van der Waals surface area contributed by atoms with Crippen LogP contribution in [0.25, 0.3) is 11.1 Å². The molecule has 0 aliphatic carbocycles. The Labute approximate surface area is 115 Å². The molecule has 102 valence electrons. The fourth-order valence-electron chi connectivity index (χ4n) is 2.29. The summed E-state index contributed by atoms with van der Waals surface area (Å²) < 4.78 is 1.78. The van der Waals surface area contributed by atoms with Gasteiger partial charge in [-0.25, -0.2) is 0 Å². The minimum atomic E-state index is 0.417. The van der Waals surface area contributed by atoms with Crippen molar-refractivity contribution in [2.75, 3.05) is 5.73 Å². The standard InChI is InChI=1S/C16H23N3/c1-6-10(2)15-14(16(17)19(5)18-15)13-8-7-11(3)12(4)9-13/h7-10H,6,17H2,1-5H3. The quantitative estimate of drug-likeness (QED) is 0.909. The number of aryl methyl sites for hydroxylation is 3. The van der Waals surface area contributed by atoms with Gasteiger partial charge in [0.25, 0.3) is 0 Å². The summed E-state index contributed by atoms with van der Waals surface area (Å²) in [7, 11) is 1.91. The van der Waals surface area contributed by atoms with Crippen molar-refractivity contribution in [1.82, 2.24) is 9.78 Å². The minimum Gasteiger partial charge on any atom is -0.383 e. The van der Waals surface area contributed by atoms with Crippen LogP contribution in [0, 0.1) is 13.8 Å². The Hall–Kier alpha value is -1.77. The van der Waals surface area contributed by atoms with Gasteiger partial charge in [0, 0.05) is 18.5 Å². The van der Waals surface area contributed by atoms with Crippen LogP contribution in [0.3, 0.4) is 0 Å². The highest BCUT2D eigenvalue weighted by Gasteiger charge is 2.19. The predicted octanol–water partition coefficient (Wildman–Crippen LogP) is 3.80. The molecule has 0 aliphatic rings. The smallest absolute Gasteiger partial charge is 0.129 e. The number of nitrogen functional groups attached to an aromatic ring is 1. The van der Waals surface area contributed by atoms with Crippen LogP contribution in [-0.4, -0.2) is 9.78 Å². The van der Waals surface area contributed by atoms with E-state index in [1.807, 2.05) is 7.05 Å². The summed E-state index contributed by atoms with van der Waals surface area (Å²) in [6, 6.07) is 6.49. The van der Waals surface area contributed by atoms with Gasteiger partial charge < -0.3 is 5.73 Å². The van der Waals surface area contributed by atoms with E-state index in [0.717, 1.165) is 23.5 Å². The maximum atomic E-state index is 6.22. The van der Waals surface area contributed by atoms with Gasteiger partial charge in [-0.15, -0.1) is 0 Å². The summed E-state index contributed by atoms with van der Waals surface area (Å²) in [5, 5.41) is 4.60. The lowest BCUT2D eigenvalue weighted by Gasteiger charge is -2.10. The molecule has 0 aliphatic heterocycles. The molecule has 1 aromatic carbocycles. The lowest BCUT2D eigenvalue weighted by atomic mass is 9.94.